The summed E-state index contributed by atoms with van der Waals surface area (Å²) in [6, 6.07) is 20.0. The monoisotopic (exact) mass is 526 g/mol. The van der Waals surface area contributed by atoms with E-state index in [9.17, 15) is 0 Å². The van der Waals surface area contributed by atoms with E-state index in [1.54, 1.807) is 0 Å². The van der Waals surface area contributed by atoms with Crippen molar-refractivity contribution in [3.63, 3.8) is 0 Å². The minimum atomic E-state index is -1.05. The van der Waals surface area contributed by atoms with Crippen molar-refractivity contribution in [3.05, 3.63) is 60.7 Å². The summed E-state index contributed by atoms with van der Waals surface area (Å²) >= 11 is 10.5. The van der Waals surface area contributed by atoms with Gasteiger partial charge >= 0.3 is 83.2 Å². The quantitative estimate of drug-likeness (QED) is 0.341. The Kier molecular flexibility index (Phi) is 33.9. The Labute approximate surface area is 182 Å². The minimum Gasteiger partial charge on any atom is -0.214 e. The van der Waals surface area contributed by atoms with Crippen molar-refractivity contribution in [2.45, 2.75) is 13.1 Å². The van der Waals surface area contributed by atoms with Gasteiger partial charge in [-0.15, -0.1) is 22.2 Å². The van der Waals surface area contributed by atoms with E-state index < -0.39 is 16.7 Å². The summed E-state index contributed by atoms with van der Waals surface area (Å²) in [5.41, 5.74) is 0. The van der Waals surface area contributed by atoms with E-state index in [2.05, 4.69) is 0 Å². The fourth-order valence-corrected chi connectivity index (χ4v) is 4.95. The second-order valence-corrected chi connectivity index (χ2v) is 10.8. The van der Waals surface area contributed by atoms with Gasteiger partial charge in [-0.2, -0.15) is 36.4 Å². The molecule has 27 heavy (non-hydrogen) atoms. The Morgan fingerprint density at radius 2 is 0.963 bits per heavy atom. The van der Waals surface area contributed by atoms with E-state index in [1.807, 2.05) is 73.8 Å². The maximum Gasteiger partial charge on any atom is -0.172 e. The van der Waals surface area contributed by atoms with Crippen molar-refractivity contribution >= 4 is 58.0 Å². The molecule has 0 aliphatic heterocycles. The molecule has 150 valence electrons. The fourth-order valence-electron chi connectivity index (χ4n) is 0.865. The van der Waals surface area contributed by atoms with Crippen molar-refractivity contribution in [2.24, 2.45) is 0 Å². The zero-order valence-electron chi connectivity index (χ0n) is 14.3. The average molecular weight is 527 g/mol. The number of rotatable bonds is 2. The first-order valence-corrected chi connectivity index (χ1v) is 14.7. The van der Waals surface area contributed by atoms with Gasteiger partial charge in [0.25, 0.3) is 0 Å². The Bertz CT molecular complexity index is 611. The van der Waals surface area contributed by atoms with Crippen LogP contribution in [0.4, 0.5) is 0 Å². The predicted molar refractivity (Wildman–Crippen MR) is 103 cm³/mol. The molecule has 2 radical (unpaired) electrons. The fraction of sp³-hybridized carbons (Fsp3) is 0.125. The molecular formula is C16H16Cl2Fe2O5Si2-2. The van der Waals surface area contributed by atoms with E-state index in [4.69, 9.17) is 45.5 Å². The Balaban J connectivity index is -0.000000268. The van der Waals surface area contributed by atoms with Crippen molar-refractivity contribution in [2.75, 3.05) is 0 Å². The van der Waals surface area contributed by atoms with Crippen LogP contribution in [0.2, 0.25) is 13.1 Å². The van der Waals surface area contributed by atoms with Crippen LogP contribution in [0, 0.1) is 0 Å². The van der Waals surface area contributed by atoms with Gasteiger partial charge in [0.1, 0.15) is 0 Å². The van der Waals surface area contributed by atoms with E-state index in [-0.39, 0.29) is 28.2 Å². The Morgan fingerprint density at radius 1 is 0.704 bits per heavy atom. The maximum atomic E-state index is 9.02. The third kappa shape index (κ3) is 45.8. The van der Waals surface area contributed by atoms with Crippen LogP contribution in [-0.2, 0) is 51.5 Å². The van der Waals surface area contributed by atoms with Crippen LogP contribution >= 0.6 is 22.2 Å². The summed E-state index contributed by atoms with van der Waals surface area (Å²) in [6.07, 6.45) is 0. The van der Waals surface area contributed by atoms with Crippen LogP contribution < -0.4 is 0 Å². The molecule has 0 aliphatic rings. The molecule has 2 aromatic carbocycles. The third-order valence-corrected chi connectivity index (χ3v) is 5.63. The van der Waals surface area contributed by atoms with Crippen LogP contribution in [0.15, 0.2) is 60.7 Å². The molecule has 0 saturated heterocycles. The standard InChI is InChI=1S/2C5H5.C2H6Cl2OSi2.4CO.2Fe/c2*1-2-4-5-3-1;1-6(3)5-7(2)4;4*1-2;;/h2*1-5H;1-2H3;;;;;;/q2*-1;;;;;;;. The van der Waals surface area contributed by atoms with Gasteiger partial charge in [0.15, 0.2) is 0 Å². The van der Waals surface area contributed by atoms with Crippen LogP contribution in [0.25, 0.3) is 0 Å². The van der Waals surface area contributed by atoms with E-state index >= 15 is 0 Å². The molecule has 0 unspecified atom stereocenters. The predicted octanol–water partition coefficient (Wildman–Crippen LogP) is 2.93. The summed E-state index contributed by atoms with van der Waals surface area (Å²) in [4.78, 5) is 41.4. The van der Waals surface area contributed by atoms with Gasteiger partial charge < -0.3 is 4.12 Å². The molecule has 0 atom stereocenters. The molecule has 5 nitrogen and oxygen atoms in total. The largest absolute Gasteiger partial charge is 0.214 e. The second-order valence-electron chi connectivity index (χ2n) is 3.43. The summed E-state index contributed by atoms with van der Waals surface area (Å²) in [7, 11) is -2.10. The number of hydrogen-bond acceptors (Lipinski definition) is 5. The molecule has 0 amide bonds. The smallest absolute Gasteiger partial charge is 0.172 e. The molecule has 0 spiro atoms. The van der Waals surface area contributed by atoms with Gasteiger partial charge in [0.2, 0.25) is 0 Å². The first-order valence-electron chi connectivity index (χ1n) is 6.64. The normalized spacial score (nSPS) is 7.63. The molecule has 0 aromatic heterocycles. The number of carbonyl (C=O) groups excluding carboxylic acids is 4. The Morgan fingerprint density at radius 3 is 1.00 bits per heavy atom. The van der Waals surface area contributed by atoms with Gasteiger partial charge in [0.05, 0.1) is 0 Å². The van der Waals surface area contributed by atoms with Crippen LogP contribution in [0.1, 0.15) is 0 Å². The van der Waals surface area contributed by atoms with Crippen molar-refractivity contribution in [1.29, 1.82) is 0 Å². The zero-order valence-corrected chi connectivity index (χ0v) is 20.0. The number of hydrogen-bond donors (Lipinski definition) is 0. The molecule has 0 N–H and O–H groups in total. The molecule has 11 heteroatoms. The van der Waals surface area contributed by atoms with Crippen LogP contribution in [0.3, 0.4) is 0 Å². The summed E-state index contributed by atoms with van der Waals surface area (Å²) in [5, 5.41) is 0. The van der Waals surface area contributed by atoms with Gasteiger partial charge in [-0.25, -0.2) is 24.3 Å². The van der Waals surface area contributed by atoms with Crippen molar-refractivity contribution in [1.82, 2.24) is 0 Å². The van der Waals surface area contributed by atoms with Gasteiger partial charge in [-0.05, 0) is 13.1 Å². The molecule has 0 aliphatic carbocycles. The van der Waals surface area contributed by atoms with E-state index in [1.165, 1.54) is 19.1 Å². The molecule has 0 bridgehead atoms. The van der Waals surface area contributed by atoms with Crippen molar-refractivity contribution in [3.8, 4) is 0 Å². The molecule has 2 rings (SSSR count). The summed E-state index contributed by atoms with van der Waals surface area (Å²) in [5.74, 6) is 0. The first-order chi connectivity index (χ1) is 13.0. The molecule has 2 aromatic rings. The van der Waals surface area contributed by atoms with Gasteiger partial charge in [0, 0.05) is 0 Å². The third-order valence-electron chi connectivity index (χ3n) is 1.54. The molecule has 0 fully saturated rings. The van der Waals surface area contributed by atoms with Gasteiger partial charge in [-0.3, -0.25) is 0 Å². The van der Waals surface area contributed by atoms with E-state index in [0.717, 1.165) is 0 Å². The van der Waals surface area contributed by atoms with E-state index in [0.29, 0.717) is 0 Å². The van der Waals surface area contributed by atoms with Crippen LogP contribution in [-0.4, -0.2) is 35.8 Å². The zero-order chi connectivity index (χ0) is 21.2. The molecule has 0 heterocycles. The van der Waals surface area contributed by atoms with Gasteiger partial charge in [-0.1, -0.05) is 0 Å². The van der Waals surface area contributed by atoms with Crippen molar-refractivity contribution < 1.29 is 51.5 Å². The maximum absolute atomic E-state index is 9.02. The second kappa shape index (κ2) is 29.8. The number of halogens is 2. The first kappa shape index (κ1) is 30.8. The topological polar surface area (TPSA) is 77.5 Å². The SMILES string of the molecule is C[Si](Cl)O[Si](C)Cl.O=[C]=[Fe]=[C]=O.O=[C]=[Fe]=[C]=O.c1cc[cH-]c1.c1cc[cH-]c1. The summed E-state index contributed by atoms with van der Waals surface area (Å²) < 4.78 is 4.98. The minimum absolute atomic E-state index is 0.222. The molecular weight excluding hydrogens is 511 g/mol. The Hall–Kier alpha value is -0.967. The summed E-state index contributed by atoms with van der Waals surface area (Å²) in [6.45, 7) is 3.70. The molecule has 0 saturated carbocycles. The average Bonchev–Trinajstić information content (AvgIpc) is 3.35. The van der Waals surface area contributed by atoms with Crippen LogP contribution in [0.5, 0.6) is 0 Å².